The third-order valence-electron chi connectivity index (χ3n) is 4.84. The highest BCUT2D eigenvalue weighted by atomic mass is 35.5. The summed E-state index contributed by atoms with van der Waals surface area (Å²) in [6, 6.07) is 8.23. The fraction of sp³-hybridized carbons (Fsp3) is 0.588. The monoisotopic (exact) mass is 309 g/mol. The molecule has 1 heterocycles. The van der Waals surface area contributed by atoms with Crippen LogP contribution >= 0.6 is 11.6 Å². The number of carboxylic acids is 1. The van der Waals surface area contributed by atoms with Crippen LogP contribution in [0.25, 0.3) is 0 Å². The molecule has 1 N–H and O–H groups in total. The number of nitrogens with zero attached hydrogens (tertiary/aromatic N) is 1. The molecule has 0 saturated carbocycles. The zero-order chi connectivity index (χ0) is 15.5. The molecule has 1 aromatic rings. The molecule has 116 valence electrons. The van der Waals surface area contributed by atoms with Crippen molar-refractivity contribution in [1.82, 2.24) is 4.90 Å². The van der Waals surface area contributed by atoms with Crippen LogP contribution in [0.1, 0.15) is 51.1 Å². The van der Waals surface area contributed by atoms with E-state index in [1.54, 1.807) is 0 Å². The number of hydrogen-bond acceptors (Lipinski definition) is 2. The van der Waals surface area contributed by atoms with E-state index in [-0.39, 0.29) is 0 Å². The molecule has 2 rings (SSSR count). The van der Waals surface area contributed by atoms with E-state index in [2.05, 4.69) is 30.9 Å². The van der Waals surface area contributed by atoms with Gasteiger partial charge in [-0.3, -0.25) is 9.69 Å². The molecule has 0 radical (unpaired) electrons. The number of piperidine rings is 1. The molecule has 3 nitrogen and oxygen atoms in total. The minimum Gasteiger partial charge on any atom is -0.481 e. The second kappa shape index (κ2) is 6.80. The zero-order valence-electron chi connectivity index (χ0n) is 12.8. The average Bonchev–Trinajstić information content (AvgIpc) is 2.48. The summed E-state index contributed by atoms with van der Waals surface area (Å²) >= 11 is 5.93. The summed E-state index contributed by atoms with van der Waals surface area (Å²) in [4.78, 5) is 14.0. The van der Waals surface area contributed by atoms with Gasteiger partial charge in [0.05, 0.1) is 5.41 Å². The number of likely N-dealkylation sites (tertiary alicyclic amines) is 1. The molecule has 4 heteroatoms. The molecule has 1 aliphatic heterocycles. The Kier molecular flexibility index (Phi) is 5.28. The van der Waals surface area contributed by atoms with Crippen LogP contribution in [-0.4, -0.2) is 29.1 Å². The number of aliphatic carboxylic acids is 1. The van der Waals surface area contributed by atoms with Crippen molar-refractivity contribution in [3.63, 3.8) is 0 Å². The SMILES string of the molecule is CCCC1(C(=O)O)CCN(C(C)c2ccc(Cl)cc2)CC1. The molecule has 1 fully saturated rings. The minimum absolute atomic E-state index is 0.302. The lowest BCUT2D eigenvalue weighted by Gasteiger charge is -2.41. The molecule has 0 aromatic heterocycles. The van der Waals surface area contributed by atoms with Crippen molar-refractivity contribution >= 4 is 17.6 Å². The van der Waals surface area contributed by atoms with Gasteiger partial charge in [0.1, 0.15) is 0 Å². The first kappa shape index (κ1) is 16.3. The molecule has 0 spiro atoms. The van der Waals surface area contributed by atoms with Crippen LogP contribution in [-0.2, 0) is 4.79 Å². The molecule has 1 atom stereocenters. The zero-order valence-corrected chi connectivity index (χ0v) is 13.6. The standard InChI is InChI=1S/C17H24ClNO2/c1-3-8-17(16(20)21)9-11-19(12-10-17)13(2)14-4-6-15(18)7-5-14/h4-7,13H,3,8-12H2,1-2H3,(H,20,21). The third-order valence-corrected chi connectivity index (χ3v) is 5.09. The highest BCUT2D eigenvalue weighted by Gasteiger charge is 2.41. The van der Waals surface area contributed by atoms with E-state index in [4.69, 9.17) is 11.6 Å². The smallest absolute Gasteiger partial charge is 0.309 e. The van der Waals surface area contributed by atoms with Crippen molar-refractivity contribution in [2.24, 2.45) is 5.41 Å². The molecular weight excluding hydrogens is 286 g/mol. The van der Waals surface area contributed by atoms with E-state index >= 15 is 0 Å². The van der Waals surface area contributed by atoms with Crippen molar-refractivity contribution in [2.45, 2.75) is 45.6 Å². The molecule has 21 heavy (non-hydrogen) atoms. The predicted octanol–water partition coefficient (Wildman–Crippen LogP) is 4.37. The first-order valence-electron chi connectivity index (χ1n) is 7.71. The summed E-state index contributed by atoms with van der Waals surface area (Å²) in [6.07, 6.45) is 3.20. The van der Waals surface area contributed by atoms with Crippen LogP contribution < -0.4 is 0 Å². The van der Waals surface area contributed by atoms with Crippen LogP contribution in [0.2, 0.25) is 5.02 Å². The number of halogens is 1. The fourth-order valence-electron chi connectivity index (χ4n) is 3.34. The number of hydrogen-bond donors (Lipinski definition) is 1. The maximum absolute atomic E-state index is 11.6. The topological polar surface area (TPSA) is 40.5 Å². The lowest BCUT2D eigenvalue weighted by Crippen LogP contribution is -2.45. The van der Waals surface area contributed by atoms with Crippen LogP contribution in [0.3, 0.4) is 0 Å². The normalized spacial score (nSPS) is 20.1. The van der Waals surface area contributed by atoms with E-state index in [1.807, 2.05) is 12.1 Å². The summed E-state index contributed by atoms with van der Waals surface area (Å²) in [5.41, 5.74) is 0.725. The van der Waals surface area contributed by atoms with Crippen LogP contribution in [0, 0.1) is 5.41 Å². The lowest BCUT2D eigenvalue weighted by molar-refractivity contribution is -0.153. The Balaban J connectivity index is 2.02. The minimum atomic E-state index is -0.622. The highest BCUT2D eigenvalue weighted by Crippen LogP contribution is 2.38. The van der Waals surface area contributed by atoms with Crippen molar-refractivity contribution in [1.29, 1.82) is 0 Å². The Bertz CT molecular complexity index is 478. The van der Waals surface area contributed by atoms with E-state index in [0.717, 1.165) is 43.8 Å². The van der Waals surface area contributed by atoms with Gasteiger partial charge in [0.15, 0.2) is 0 Å². The van der Waals surface area contributed by atoms with Crippen molar-refractivity contribution < 1.29 is 9.90 Å². The maximum Gasteiger partial charge on any atom is 0.309 e. The van der Waals surface area contributed by atoms with Gasteiger partial charge in [0.2, 0.25) is 0 Å². The first-order chi connectivity index (χ1) is 9.98. The molecular formula is C17H24ClNO2. The summed E-state index contributed by atoms with van der Waals surface area (Å²) in [7, 11) is 0. The molecule has 1 unspecified atom stereocenters. The van der Waals surface area contributed by atoms with Crippen molar-refractivity contribution in [2.75, 3.05) is 13.1 Å². The van der Waals surface area contributed by atoms with E-state index in [0.29, 0.717) is 6.04 Å². The third kappa shape index (κ3) is 3.58. The Morgan fingerprint density at radius 3 is 2.38 bits per heavy atom. The number of rotatable bonds is 5. The second-order valence-corrected chi connectivity index (χ2v) is 6.54. The highest BCUT2D eigenvalue weighted by molar-refractivity contribution is 6.30. The predicted molar refractivity (Wildman–Crippen MR) is 85.7 cm³/mol. The summed E-state index contributed by atoms with van der Waals surface area (Å²) in [6.45, 7) is 5.93. The van der Waals surface area contributed by atoms with Gasteiger partial charge in [-0.25, -0.2) is 0 Å². The first-order valence-corrected chi connectivity index (χ1v) is 8.09. The number of carbonyl (C=O) groups is 1. The van der Waals surface area contributed by atoms with E-state index in [9.17, 15) is 9.90 Å². The second-order valence-electron chi connectivity index (χ2n) is 6.10. The summed E-state index contributed by atoms with van der Waals surface area (Å²) in [5.74, 6) is -0.622. The molecule has 0 bridgehead atoms. The number of benzene rings is 1. The van der Waals surface area contributed by atoms with Gasteiger partial charge in [-0.2, -0.15) is 0 Å². The van der Waals surface area contributed by atoms with Gasteiger partial charge >= 0.3 is 5.97 Å². The van der Waals surface area contributed by atoms with E-state index in [1.165, 1.54) is 5.56 Å². The molecule has 1 saturated heterocycles. The van der Waals surface area contributed by atoms with Gasteiger partial charge in [0, 0.05) is 11.1 Å². The molecule has 1 aliphatic rings. The fourth-order valence-corrected chi connectivity index (χ4v) is 3.47. The Labute approximate surface area is 131 Å². The van der Waals surface area contributed by atoms with Gasteiger partial charge in [-0.05, 0) is 57.0 Å². The van der Waals surface area contributed by atoms with Gasteiger partial charge in [0.25, 0.3) is 0 Å². The van der Waals surface area contributed by atoms with Crippen LogP contribution in [0.15, 0.2) is 24.3 Å². The largest absolute Gasteiger partial charge is 0.481 e. The van der Waals surface area contributed by atoms with Gasteiger partial charge < -0.3 is 5.11 Å². The summed E-state index contributed by atoms with van der Waals surface area (Å²) in [5, 5.41) is 10.3. The lowest BCUT2D eigenvalue weighted by atomic mass is 9.74. The Morgan fingerprint density at radius 1 is 1.33 bits per heavy atom. The quantitative estimate of drug-likeness (QED) is 0.878. The molecule has 0 amide bonds. The molecule has 0 aliphatic carbocycles. The van der Waals surface area contributed by atoms with E-state index < -0.39 is 11.4 Å². The average molecular weight is 310 g/mol. The van der Waals surface area contributed by atoms with Crippen molar-refractivity contribution in [3.05, 3.63) is 34.9 Å². The summed E-state index contributed by atoms with van der Waals surface area (Å²) < 4.78 is 0. The number of carboxylic acid groups (broad SMARTS) is 1. The van der Waals surface area contributed by atoms with Crippen molar-refractivity contribution in [3.8, 4) is 0 Å². The maximum atomic E-state index is 11.6. The van der Waals surface area contributed by atoms with Crippen LogP contribution in [0.5, 0.6) is 0 Å². The Hall–Kier alpha value is -1.06. The van der Waals surface area contributed by atoms with Gasteiger partial charge in [-0.1, -0.05) is 37.1 Å². The van der Waals surface area contributed by atoms with Gasteiger partial charge in [-0.15, -0.1) is 0 Å². The Morgan fingerprint density at radius 2 is 1.90 bits per heavy atom. The van der Waals surface area contributed by atoms with Crippen LogP contribution in [0.4, 0.5) is 0 Å². The molecule has 1 aromatic carbocycles.